The normalized spacial score (nSPS) is 12.4. The molecule has 1 rings (SSSR count). The molecule has 1 unspecified atom stereocenters. The maximum absolute atomic E-state index is 11.5. The lowest BCUT2D eigenvalue weighted by Crippen LogP contribution is -2.40. The first kappa shape index (κ1) is 14.7. The lowest BCUT2D eigenvalue weighted by Gasteiger charge is -2.14. The minimum absolute atomic E-state index is 0.0663. The zero-order valence-electron chi connectivity index (χ0n) is 11.6. The van der Waals surface area contributed by atoms with Gasteiger partial charge in [0.25, 0.3) is 0 Å². The van der Waals surface area contributed by atoms with E-state index in [2.05, 4.69) is 41.8 Å². The van der Waals surface area contributed by atoms with Crippen LogP contribution < -0.4 is 10.6 Å². The number of carbonyl (C=O) groups is 1. The van der Waals surface area contributed by atoms with E-state index in [0.717, 1.165) is 12.8 Å². The van der Waals surface area contributed by atoms with E-state index in [-0.39, 0.29) is 11.9 Å². The molecule has 18 heavy (non-hydrogen) atoms. The maximum Gasteiger partial charge on any atom is 0.234 e. The Balaban J connectivity index is 2.18. The van der Waals surface area contributed by atoms with Gasteiger partial charge < -0.3 is 10.6 Å². The van der Waals surface area contributed by atoms with Crippen molar-refractivity contribution in [2.45, 2.75) is 45.7 Å². The summed E-state index contributed by atoms with van der Waals surface area (Å²) in [5, 5.41) is 6.12. The van der Waals surface area contributed by atoms with Crippen molar-refractivity contribution in [2.75, 3.05) is 6.54 Å². The Labute approximate surface area is 110 Å². The Morgan fingerprint density at radius 2 is 1.83 bits per heavy atom. The molecule has 0 radical (unpaired) electrons. The van der Waals surface area contributed by atoms with Crippen molar-refractivity contribution in [1.82, 2.24) is 10.6 Å². The third-order valence-electron chi connectivity index (χ3n) is 2.77. The number of aryl methyl sites for hydroxylation is 1. The number of hydrogen-bond donors (Lipinski definition) is 2. The van der Waals surface area contributed by atoms with E-state index >= 15 is 0 Å². The highest BCUT2D eigenvalue weighted by atomic mass is 16.1. The second-order valence-corrected chi connectivity index (χ2v) is 5.03. The van der Waals surface area contributed by atoms with Gasteiger partial charge in [0.05, 0.1) is 6.54 Å². The molecule has 0 aliphatic carbocycles. The summed E-state index contributed by atoms with van der Waals surface area (Å²) in [6.45, 7) is 6.45. The summed E-state index contributed by atoms with van der Waals surface area (Å²) in [7, 11) is 0. The molecule has 0 spiro atoms. The predicted molar refractivity (Wildman–Crippen MR) is 75.5 cm³/mol. The van der Waals surface area contributed by atoms with Gasteiger partial charge in [-0.05, 0) is 39.2 Å². The highest BCUT2D eigenvalue weighted by Crippen LogP contribution is 2.04. The van der Waals surface area contributed by atoms with E-state index in [1.165, 1.54) is 5.56 Å². The molecule has 1 atom stereocenters. The molecule has 0 saturated carbocycles. The molecule has 0 saturated heterocycles. The molecule has 0 fully saturated rings. The molecule has 1 aromatic rings. The summed E-state index contributed by atoms with van der Waals surface area (Å²) >= 11 is 0. The van der Waals surface area contributed by atoms with Gasteiger partial charge in [0, 0.05) is 12.1 Å². The van der Waals surface area contributed by atoms with Gasteiger partial charge in [-0.2, -0.15) is 0 Å². The van der Waals surface area contributed by atoms with Gasteiger partial charge in [-0.3, -0.25) is 4.79 Å². The fourth-order valence-corrected chi connectivity index (χ4v) is 1.77. The Morgan fingerprint density at radius 3 is 2.44 bits per heavy atom. The Kier molecular flexibility index (Phi) is 6.44. The first-order valence-electron chi connectivity index (χ1n) is 6.64. The minimum atomic E-state index is 0.0663. The van der Waals surface area contributed by atoms with Crippen molar-refractivity contribution in [2.24, 2.45) is 0 Å². The second kappa shape index (κ2) is 7.88. The molecule has 0 bridgehead atoms. The summed E-state index contributed by atoms with van der Waals surface area (Å²) in [4.78, 5) is 11.5. The number of rotatable bonds is 7. The first-order valence-corrected chi connectivity index (χ1v) is 6.64. The third kappa shape index (κ3) is 6.40. The third-order valence-corrected chi connectivity index (χ3v) is 2.77. The summed E-state index contributed by atoms with van der Waals surface area (Å²) in [5.74, 6) is 0.0663. The molecule has 2 N–H and O–H groups in total. The molecule has 100 valence electrons. The number of carbonyl (C=O) groups excluding carboxylic acids is 1. The molecule has 0 heterocycles. The zero-order valence-corrected chi connectivity index (χ0v) is 11.6. The first-order chi connectivity index (χ1) is 8.58. The lowest BCUT2D eigenvalue weighted by molar-refractivity contribution is -0.120. The minimum Gasteiger partial charge on any atom is -0.353 e. The lowest BCUT2D eigenvalue weighted by atomic mass is 10.1. The SMILES string of the molecule is CC(C)NC(=O)CNC(C)CCc1ccccc1. The number of nitrogens with one attached hydrogen (secondary N) is 2. The fourth-order valence-electron chi connectivity index (χ4n) is 1.77. The number of amides is 1. The topological polar surface area (TPSA) is 41.1 Å². The maximum atomic E-state index is 11.5. The van der Waals surface area contributed by atoms with Crippen LogP contribution in [0, 0.1) is 0 Å². The second-order valence-electron chi connectivity index (χ2n) is 5.03. The predicted octanol–water partition coefficient (Wildman–Crippen LogP) is 2.12. The quantitative estimate of drug-likeness (QED) is 0.776. The van der Waals surface area contributed by atoms with Crippen molar-refractivity contribution >= 4 is 5.91 Å². The van der Waals surface area contributed by atoms with Crippen LogP contribution in [0.25, 0.3) is 0 Å². The molecule has 0 aromatic heterocycles. The summed E-state index contributed by atoms with van der Waals surface area (Å²) in [6.07, 6.45) is 2.08. The summed E-state index contributed by atoms with van der Waals surface area (Å²) in [6, 6.07) is 11.0. The average Bonchev–Trinajstić information content (AvgIpc) is 2.34. The summed E-state index contributed by atoms with van der Waals surface area (Å²) in [5.41, 5.74) is 1.35. The van der Waals surface area contributed by atoms with Crippen molar-refractivity contribution < 1.29 is 4.79 Å². The van der Waals surface area contributed by atoms with E-state index in [4.69, 9.17) is 0 Å². The van der Waals surface area contributed by atoms with Gasteiger partial charge in [0.1, 0.15) is 0 Å². The van der Waals surface area contributed by atoms with Crippen LogP contribution in [0.4, 0.5) is 0 Å². The fraction of sp³-hybridized carbons (Fsp3) is 0.533. The van der Waals surface area contributed by atoms with Crippen LogP contribution in [0.2, 0.25) is 0 Å². The molecule has 0 aliphatic rings. The van der Waals surface area contributed by atoms with Crippen LogP contribution >= 0.6 is 0 Å². The Bertz CT molecular complexity index is 349. The number of hydrogen-bond acceptors (Lipinski definition) is 2. The Hall–Kier alpha value is -1.35. The average molecular weight is 248 g/mol. The van der Waals surface area contributed by atoms with E-state index in [9.17, 15) is 4.79 Å². The van der Waals surface area contributed by atoms with Crippen molar-refractivity contribution in [3.8, 4) is 0 Å². The van der Waals surface area contributed by atoms with E-state index in [1.54, 1.807) is 0 Å². The zero-order chi connectivity index (χ0) is 13.4. The van der Waals surface area contributed by atoms with Crippen LogP contribution in [0.15, 0.2) is 30.3 Å². The van der Waals surface area contributed by atoms with Gasteiger partial charge in [-0.1, -0.05) is 30.3 Å². The van der Waals surface area contributed by atoms with Gasteiger partial charge in [-0.15, -0.1) is 0 Å². The van der Waals surface area contributed by atoms with Crippen molar-refractivity contribution in [3.63, 3.8) is 0 Å². The monoisotopic (exact) mass is 248 g/mol. The van der Waals surface area contributed by atoms with Gasteiger partial charge in [0.2, 0.25) is 5.91 Å². The molecule has 0 aliphatic heterocycles. The van der Waals surface area contributed by atoms with Crippen LogP contribution in [0.3, 0.4) is 0 Å². The van der Waals surface area contributed by atoms with Crippen LogP contribution in [-0.2, 0) is 11.2 Å². The molecule has 3 nitrogen and oxygen atoms in total. The highest BCUT2D eigenvalue weighted by molar-refractivity contribution is 5.78. The Morgan fingerprint density at radius 1 is 1.17 bits per heavy atom. The van der Waals surface area contributed by atoms with E-state index in [1.807, 2.05) is 19.9 Å². The van der Waals surface area contributed by atoms with Gasteiger partial charge >= 0.3 is 0 Å². The summed E-state index contributed by atoms with van der Waals surface area (Å²) < 4.78 is 0. The standard InChI is InChI=1S/C15H24N2O/c1-12(2)17-15(18)11-16-13(3)9-10-14-7-5-4-6-8-14/h4-8,12-13,16H,9-11H2,1-3H3,(H,17,18). The molecule has 1 aromatic carbocycles. The van der Waals surface area contributed by atoms with Crippen molar-refractivity contribution in [3.05, 3.63) is 35.9 Å². The van der Waals surface area contributed by atoms with Crippen LogP contribution in [0.1, 0.15) is 32.8 Å². The van der Waals surface area contributed by atoms with Crippen molar-refractivity contribution in [1.29, 1.82) is 0 Å². The largest absolute Gasteiger partial charge is 0.353 e. The van der Waals surface area contributed by atoms with E-state index < -0.39 is 0 Å². The molecule has 3 heteroatoms. The van der Waals surface area contributed by atoms with Gasteiger partial charge in [-0.25, -0.2) is 0 Å². The van der Waals surface area contributed by atoms with Crippen LogP contribution in [0.5, 0.6) is 0 Å². The van der Waals surface area contributed by atoms with Gasteiger partial charge in [0.15, 0.2) is 0 Å². The molecular formula is C15H24N2O. The molecular weight excluding hydrogens is 224 g/mol. The van der Waals surface area contributed by atoms with E-state index in [0.29, 0.717) is 12.6 Å². The highest BCUT2D eigenvalue weighted by Gasteiger charge is 2.06. The number of benzene rings is 1. The molecule has 1 amide bonds. The van der Waals surface area contributed by atoms with Crippen LogP contribution in [-0.4, -0.2) is 24.5 Å². The smallest absolute Gasteiger partial charge is 0.234 e.